The molecule has 0 aromatic heterocycles. The van der Waals surface area contributed by atoms with Crippen LogP contribution in [0, 0.1) is 11.3 Å². The van der Waals surface area contributed by atoms with Crippen LogP contribution >= 0.6 is 0 Å². The molecule has 0 aliphatic rings. The fraction of sp³-hybridized carbons (Fsp3) is 0.300. The SMILES string of the molecule is CCc1ccc(CC#N)c(N)c1. The molecular formula is C10H12N2. The summed E-state index contributed by atoms with van der Waals surface area (Å²) in [6, 6.07) is 7.96. The summed E-state index contributed by atoms with van der Waals surface area (Å²) < 4.78 is 0. The van der Waals surface area contributed by atoms with Crippen LogP contribution in [0.25, 0.3) is 0 Å². The van der Waals surface area contributed by atoms with Gasteiger partial charge in [-0.25, -0.2) is 0 Å². The first-order chi connectivity index (χ1) is 5.77. The highest BCUT2D eigenvalue weighted by Crippen LogP contribution is 2.14. The number of nitrogens with two attached hydrogens (primary N) is 1. The normalized spacial score (nSPS) is 9.33. The van der Waals surface area contributed by atoms with Gasteiger partial charge in [0.2, 0.25) is 0 Å². The van der Waals surface area contributed by atoms with E-state index in [9.17, 15) is 0 Å². The molecule has 62 valence electrons. The van der Waals surface area contributed by atoms with Crippen molar-refractivity contribution in [3.63, 3.8) is 0 Å². The summed E-state index contributed by atoms with van der Waals surface area (Å²) in [7, 11) is 0. The van der Waals surface area contributed by atoms with E-state index in [4.69, 9.17) is 11.0 Å². The number of nitriles is 1. The number of anilines is 1. The van der Waals surface area contributed by atoms with Gasteiger partial charge in [-0.05, 0) is 23.6 Å². The zero-order valence-electron chi connectivity index (χ0n) is 7.17. The molecule has 1 aromatic carbocycles. The Balaban J connectivity index is 2.97. The molecule has 0 atom stereocenters. The predicted molar refractivity (Wildman–Crippen MR) is 49.5 cm³/mol. The first-order valence-electron chi connectivity index (χ1n) is 4.02. The van der Waals surface area contributed by atoms with E-state index in [1.807, 2.05) is 18.2 Å². The zero-order valence-corrected chi connectivity index (χ0v) is 7.17. The standard InChI is InChI=1S/C10H12N2/c1-2-8-3-4-9(5-6-11)10(12)7-8/h3-4,7H,2,5,12H2,1H3. The Morgan fingerprint density at radius 3 is 2.75 bits per heavy atom. The summed E-state index contributed by atoms with van der Waals surface area (Å²) >= 11 is 0. The van der Waals surface area contributed by atoms with Crippen LogP contribution < -0.4 is 5.73 Å². The van der Waals surface area contributed by atoms with Crippen molar-refractivity contribution in [2.24, 2.45) is 0 Å². The summed E-state index contributed by atoms with van der Waals surface area (Å²) in [6.07, 6.45) is 1.38. The van der Waals surface area contributed by atoms with Crippen LogP contribution in [0.5, 0.6) is 0 Å². The number of benzene rings is 1. The van der Waals surface area contributed by atoms with Gasteiger partial charge in [0, 0.05) is 5.69 Å². The monoisotopic (exact) mass is 160 g/mol. The van der Waals surface area contributed by atoms with E-state index in [1.54, 1.807) is 0 Å². The quantitative estimate of drug-likeness (QED) is 0.672. The highest BCUT2D eigenvalue weighted by Gasteiger charge is 1.98. The molecule has 0 heterocycles. The van der Waals surface area contributed by atoms with Gasteiger partial charge in [-0.3, -0.25) is 0 Å². The van der Waals surface area contributed by atoms with Gasteiger partial charge in [0.15, 0.2) is 0 Å². The molecule has 12 heavy (non-hydrogen) atoms. The summed E-state index contributed by atoms with van der Waals surface area (Å²) in [5, 5.41) is 8.47. The molecule has 0 fully saturated rings. The molecule has 0 unspecified atom stereocenters. The topological polar surface area (TPSA) is 49.8 Å². The lowest BCUT2D eigenvalue weighted by Gasteiger charge is -2.03. The van der Waals surface area contributed by atoms with E-state index in [-0.39, 0.29) is 0 Å². The third kappa shape index (κ3) is 1.76. The van der Waals surface area contributed by atoms with E-state index < -0.39 is 0 Å². The summed E-state index contributed by atoms with van der Waals surface area (Å²) in [5.74, 6) is 0. The predicted octanol–water partition coefficient (Wildman–Crippen LogP) is 1.90. The fourth-order valence-corrected chi connectivity index (χ4v) is 1.11. The molecule has 0 aliphatic heterocycles. The molecule has 0 amide bonds. The van der Waals surface area contributed by atoms with Gasteiger partial charge >= 0.3 is 0 Å². The van der Waals surface area contributed by atoms with Gasteiger partial charge in [-0.15, -0.1) is 0 Å². The molecule has 1 rings (SSSR count). The first kappa shape index (κ1) is 8.61. The maximum atomic E-state index is 8.47. The van der Waals surface area contributed by atoms with Gasteiger partial charge in [-0.2, -0.15) is 5.26 Å². The second-order valence-electron chi connectivity index (χ2n) is 2.72. The Labute approximate surface area is 72.6 Å². The minimum absolute atomic E-state index is 0.399. The molecule has 0 radical (unpaired) electrons. The second kappa shape index (κ2) is 3.77. The molecular weight excluding hydrogens is 148 g/mol. The Morgan fingerprint density at radius 1 is 1.50 bits per heavy atom. The smallest absolute Gasteiger partial charge is 0.0670 e. The zero-order chi connectivity index (χ0) is 8.97. The average Bonchev–Trinajstić information content (AvgIpc) is 2.09. The van der Waals surface area contributed by atoms with Crippen LogP contribution in [0.3, 0.4) is 0 Å². The van der Waals surface area contributed by atoms with E-state index in [0.29, 0.717) is 6.42 Å². The lowest BCUT2D eigenvalue weighted by molar-refractivity contribution is 1.13. The van der Waals surface area contributed by atoms with Gasteiger partial charge < -0.3 is 5.73 Å². The van der Waals surface area contributed by atoms with Crippen molar-refractivity contribution < 1.29 is 0 Å². The number of aryl methyl sites for hydroxylation is 1. The third-order valence-electron chi connectivity index (χ3n) is 1.89. The van der Waals surface area contributed by atoms with Crippen molar-refractivity contribution in [1.82, 2.24) is 0 Å². The summed E-state index contributed by atoms with van der Waals surface area (Å²) in [4.78, 5) is 0. The number of nitrogen functional groups attached to an aromatic ring is 1. The number of hydrogen-bond donors (Lipinski definition) is 1. The Hall–Kier alpha value is -1.49. The van der Waals surface area contributed by atoms with E-state index in [0.717, 1.165) is 17.7 Å². The van der Waals surface area contributed by atoms with Gasteiger partial charge in [0.25, 0.3) is 0 Å². The largest absolute Gasteiger partial charge is 0.398 e. The maximum absolute atomic E-state index is 8.47. The van der Waals surface area contributed by atoms with E-state index in [2.05, 4.69) is 13.0 Å². The molecule has 0 saturated heterocycles. The maximum Gasteiger partial charge on any atom is 0.0670 e. The van der Waals surface area contributed by atoms with Gasteiger partial charge in [0.1, 0.15) is 0 Å². The highest BCUT2D eigenvalue weighted by molar-refractivity contribution is 5.50. The minimum atomic E-state index is 0.399. The molecule has 0 saturated carbocycles. The minimum Gasteiger partial charge on any atom is -0.398 e. The Kier molecular flexibility index (Phi) is 2.71. The Morgan fingerprint density at radius 2 is 2.25 bits per heavy atom. The van der Waals surface area contributed by atoms with Crippen molar-refractivity contribution in [2.75, 3.05) is 5.73 Å². The molecule has 2 heteroatoms. The first-order valence-corrected chi connectivity index (χ1v) is 4.02. The highest BCUT2D eigenvalue weighted by atomic mass is 14.6. The van der Waals surface area contributed by atoms with E-state index in [1.165, 1.54) is 5.56 Å². The molecule has 0 bridgehead atoms. The molecule has 1 aromatic rings. The van der Waals surface area contributed by atoms with Crippen molar-refractivity contribution in [3.8, 4) is 6.07 Å². The van der Waals surface area contributed by atoms with Crippen LogP contribution in [-0.4, -0.2) is 0 Å². The molecule has 0 spiro atoms. The summed E-state index contributed by atoms with van der Waals surface area (Å²) in [5.41, 5.74) is 8.61. The van der Waals surface area contributed by atoms with Crippen molar-refractivity contribution in [2.45, 2.75) is 19.8 Å². The lowest BCUT2D eigenvalue weighted by Crippen LogP contribution is -1.94. The van der Waals surface area contributed by atoms with Gasteiger partial charge in [-0.1, -0.05) is 19.1 Å². The van der Waals surface area contributed by atoms with Crippen molar-refractivity contribution >= 4 is 5.69 Å². The fourth-order valence-electron chi connectivity index (χ4n) is 1.11. The molecule has 0 aliphatic carbocycles. The van der Waals surface area contributed by atoms with Crippen LogP contribution in [0.1, 0.15) is 18.1 Å². The Bertz CT molecular complexity index is 310. The van der Waals surface area contributed by atoms with E-state index >= 15 is 0 Å². The lowest BCUT2D eigenvalue weighted by atomic mass is 10.1. The van der Waals surface area contributed by atoms with Gasteiger partial charge in [0.05, 0.1) is 12.5 Å². The average molecular weight is 160 g/mol. The third-order valence-corrected chi connectivity index (χ3v) is 1.89. The van der Waals surface area contributed by atoms with Crippen molar-refractivity contribution in [1.29, 1.82) is 5.26 Å². The van der Waals surface area contributed by atoms with Crippen LogP contribution in [0.2, 0.25) is 0 Å². The molecule has 2 nitrogen and oxygen atoms in total. The molecule has 2 N–H and O–H groups in total. The number of nitrogens with zero attached hydrogens (tertiary/aromatic N) is 1. The second-order valence-corrected chi connectivity index (χ2v) is 2.72. The van der Waals surface area contributed by atoms with Crippen molar-refractivity contribution in [3.05, 3.63) is 29.3 Å². The van der Waals surface area contributed by atoms with Crippen LogP contribution in [0.4, 0.5) is 5.69 Å². The number of rotatable bonds is 2. The van der Waals surface area contributed by atoms with Crippen LogP contribution in [0.15, 0.2) is 18.2 Å². The van der Waals surface area contributed by atoms with Crippen LogP contribution in [-0.2, 0) is 12.8 Å². The summed E-state index contributed by atoms with van der Waals surface area (Å²) in [6.45, 7) is 2.08. The number of hydrogen-bond acceptors (Lipinski definition) is 2.